The zero-order chi connectivity index (χ0) is 11.4. The van der Waals surface area contributed by atoms with Crippen LogP contribution in [0.5, 0.6) is 0 Å². The SMILES string of the molecule is CCC1(C)CN(Cc2cccnn2)CCN1. The van der Waals surface area contributed by atoms with E-state index in [4.69, 9.17) is 0 Å². The molecule has 1 unspecified atom stereocenters. The maximum Gasteiger partial charge on any atom is 0.0771 e. The predicted molar refractivity (Wildman–Crippen MR) is 64.0 cm³/mol. The van der Waals surface area contributed by atoms with Crippen molar-refractivity contribution in [3.05, 3.63) is 24.0 Å². The summed E-state index contributed by atoms with van der Waals surface area (Å²) in [6, 6.07) is 3.99. The fourth-order valence-corrected chi connectivity index (χ4v) is 2.16. The van der Waals surface area contributed by atoms with Crippen LogP contribution < -0.4 is 5.32 Å². The lowest BCUT2D eigenvalue weighted by molar-refractivity contribution is 0.132. The van der Waals surface area contributed by atoms with Crippen molar-refractivity contribution < 1.29 is 0 Å². The molecule has 1 atom stereocenters. The van der Waals surface area contributed by atoms with Crippen LogP contribution in [0.3, 0.4) is 0 Å². The van der Waals surface area contributed by atoms with Crippen molar-refractivity contribution in [2.24, 2.45) is 0 Å². The van der Waals surface area contributed by atoms with Crippen molar-refractivity contribution in [1.29, 1.82) is 0 Å². The second-order valence-corrected chi connectivity index (χ2v) is 4.77. The molecule has 1 aliphatic rings. The number of piperazine rings is 1. The van der Waals surface area contributed by atoms with Crippen LogP contribution in [0.1, 0.15) is 26.0 Å². The van der Waals surface area contributed by atoms with Crippen LogP contribution in [0.25, 0.3) is 0 Å². The van der Waals surface area contributed by atoms with Crippen molar-refractivity contribution >= 4 is 0 Å². The van der Waals surface area contributed by atoms with Gasteiger partial charge in [0.05, 0.1) is 5.69 Å². The van der Waals surface area contributed by atoms with Gasteiger partial charge in [0.2, 0.25) is 0 Å². The molecular formula is C12H20N4. The van der Waals surface area contributed by atoms with Gasteiger partial charge < -0.3 is 5.32 Å². The third-order valence-corrected chi connectivity index (χ3v) is 3.35. The van der Waals surface area contributed by atoms with Gasteiger partial charge in [0.25, 0.3) is 0 Å². The maximum absolute atomic E-state index is 4.13. The third kappa shape index (κ3) is 2.77. The Balaban J connectivity index is 1.96. The van der Waals surface area contributed by atoms with E-state index < -0.39 is 0 Å². The first-order valence-electron chi connectivity index (χ1n) is 5.96. The van der Waals surface area contributed by atoms with Crippen molar-refractivity contribution in [2.75, 3.05) is 19.6 Å². The molecule has 0 spiro atoms. The third-order valence-electron chi connectivity index (χ3n) is 3.35. The van der Waals surface area contributed by atoms with Crippen molar-refractivity contribution in [3.8, 4) is 0 Å². The standard InChI is InChI=1S/C12H20N4/c1-3-12(2)10-16(8-7-13-12)9-11-5-4-6-14-15-11/h4-6,13H,3,7-10H2,1-2H3. The fourth-order valence-electron chi connectivity index (χ4n) is 2.16. The Morgan fingerprint density at radius 1 is 1.56 bits per heavy atom. The lowest BCUT2D eigenvalue weighted by Gasteiger charge is -2.40. The minimum Gasteiger partial charge on any atom is -0.309 e. The number of hydrogen-bond donors (Lipinski definition) is 1. The summed E-state index contributed by atoms with van der Waals surface area (Å²) < 4.78 is 0. The Kier molecular flexibility index (Phi) is 3.51. The molecule has 4 nitrogen and oxygen atoms in total. The summed E-state index contributed by atoms with van der Waals surface area (Å²) in [7, 11) is 0. The summed E-state index contributed by atoms with van der Waals surface area (Å²) in [5, 5.41) is 11.6. The monoisotopic (exact) mass is 220 g/mol. The van der Waals surface area contributed by atoms with Crippen LogP contribution in [-0.2, 0) is 6.54 Å². The summed E-state index contributed by atoms with van der Waals surface area (Å²) >= 11 is 0. The summed E-state index contributed by atoms with van der Waals surface area (Å²) in [6.07, 6.45) is 2.88. The second kappa shape index (κ2) is 4.89. The molecular weight excluding hydrogens is 200 g/mol. The lowest BCUT2D eigenvalue weighted by atomic mass is 9.96. The molecule has 0 amide bonds. The van der Waals surface area contributed by atoms with Crippen LogP contribution in [0.15, 0.2) is 18.3 Å². The molecule has 1 fully saturated rings. The van der Waals surface area contributed by atoms with Crippen LogP contribution >= 0.6 is 0 Å². The Hall–Kier alpha value is -1.00. The summed E-state index contributed by atoms with van der Waals surface area (Å²) in [5.41, 5.74) is 1.31. The molecule has 1 N–H and O–H groups in total. The molecule has 4 heteroatoms. The summed E-state index contributed by atoms with van der Waals surface area (Å²) in [5.74, 6) is 0. The zero-order valence-corrected chi connectivity index (χ0v) is 10.1. The zero-order valence-electron chi connectivity index (χ0n) is 10.1. The molecule has 0 aliphatic carbocycles. The topological polar surface area (TPSA) is 41.1 Å². The van der Waals surface area contributed by atoms with Crippen LogP contribution in [0.2, 0.25) is 0 Å². The average Bonchev–Trinajstić information content (AvgIpc) is 2.30. The van der Waals surface area contributed by atoms with Gasteiger partial charge in [0.1, 0.15) is 0 Å². The molecule has 0 saturated carbocycles. The van der Waals surface area contributed by atoms with Crippen LogP contribution in [0.4, 0.5) is 0 Å². The number of nitrogens with zero attached hydrogens (tertiary/aromatic N) is 3. The molecule has 2 heterocycles. The largest absolute Gasteiger partial charge is 0.309 e. The van der Waals surface area contributed by atoms with Gasteiger partial charge in [-0.3, -0.25) is 4.90 Å². The first-order chi connectivity index (χ1) is 7.72. The smallest absolute Gasteiger partial charge is 0.0771 e. The van der Waals surface area contributed by atoms with Gasteiger partial charge in [-0.1, -0.05) is 6.92 Å². The second-order valence-electron chi connectivity index (χ2n) is 4.77. The predicted octanol–water partition coefficient (Wildman–Crippen LogP) is 1.05. The Bertz CT molecular complexity index is 327. The number of aromatic nitrogens is 2. The highest BCUT2D eigenvalue weighted by molar-refractivity contribution is 5.00. The Morgan fingerprint density at radius 3 is 3.12 bits per heavy atom. The molecule has 88 valence electrons. The maximum atomic E-state index is 4.13. The summed E-state index contributed by atoms with van der Waals surface area (Å²) in [6.45, 7) is 8.66. The highest BCUT2D eigenvalue weighted by Gasteiger charge is 2.28. The number of hydrogen-bond acceptors (Lipinski definition) is 4. The lowest BCUT2D eigenvalue weighted by Crippen LogP contribution is -2.58. The van der Waals surface area contributed by atoms with Crippen molar-refractivity contribution in [1.82, 2.24) is 20.4 Å². The van der Waals surface area contributed by atoms with Gasteiger partial charge in [-0.15, -0.1) is 0 Å². The van der Waals surface area contributed by atoms with Gasteiger partial charge in [0.15, 0.2) is 0 Å². The summed E-state index contributed by atoms with van der Waals surface area (Å²) in [4.78, 5) is 2.45. The molecule has 0 aromatic carbocycles. The number of nitrogens with one attached hydrogen (secondary N) is 1. The van der Waals surface area contributed by atoms with Gasteiger partial charge in [0, 0.05) is 37.9 Å². The molecule has 1 aromatic rings. The first kappa shape index (κ1) is 11.5. The minimum atomic E-state index is 0.250. The Labute approximate surface area is 97.1 Å². The van der Waals surface area contributed by atoms with E-state index in [1.807, 2.05) is 12.1 Å². The fraction of sp³-hybridized carbons (Fsp3) is 0.667. The van der Waals surface area contributed by atoms with E-state index >= 15 is 0 Å². The van der Waals surface area contributed by atoms with E-state index in [1.54, 1.807) is 6.20 Å². The van der Waals surface area contributed by atoms with E-state index in [9.17, 15) is 0 Å². The molecule has 0 radical (unpaired) electrons. The quantitative estimate of drug-likeness (QED) is 0.826. The van der Waals surface area contributed by atoms with E-state index in [0.29, 0.717) is 0 Å². The molecule has 1 aliphatic heterocycles. The van der Waals surface area contributed by atoms with Gasteiger partial charge in [-0.2, -0.15) is 10.2 Å². The highest BCUT2D eigenvalue weighted by Crippen LogP contribution is 2.16. The van der Waals surface area contributed by atoms with Crippen molar-refractivity contribution in [2.45, 2.75) is 32.4 Å². The molecule has 0 bridgehead atoms. The Morgan fingerprint density at radius 2 is 2.44 bits per heavy atom. The number of rotatable bonds is 3. The molecule has 1 aromatic heterocycles. The molecule has 16 heavy (non-hydrogen) atoms. The van der Waals surface area contributed by atoms with E-state index in [2.05, 4.69) is 34.3 Å². The van der Waals surface area contributed by atoms with Crippen LogP contribution in [-0.4, -0.2) is 40.3 Å². The minimum absolute atomic E-state index is 0.250. The van der Waals surface area contributed by atoms with Gasteiger partial charge in [-0.25, -0.2) is 0 Å². The normalized spacial score (nSPS) is 26.9. The molecule has 2 rings (SSSR count). The van der Waals surface area contributed by atoms with E-state index in [-0.39, 0.29) is 5.54 Å². The highest BCUT2D eigenvalue weighted by atomic mass is 15.2. The van der Waals surface area contributed by atoms with Gasteiger partial charge in [-0.05, 0) is 25.5 Å². The van der Waals surface area contributed by atoms with Crippen LogP contribution in [0, 0.1) is 0 Å². The van der Waals surface area contributed by atoms with E-state index in [1.165, 1.54) is 0 Å². The van der Waals surface area contributed by atoms with E-state index in [0.717, 1.165) is 38.3 Å². The van der Waals surface area contributed by atoms with Crippen molar-refractivity contribution in [3.63, 3.8) is 0 Å². The average molecular weight is 220 g/mol. The first-order valence-corrected chi connectivity index (χ1v) is 5.96. The van der Waals surface area contributed by atoms with Gasteiger partial charge >= 0.3 is 0 Å². The molecule has 1 saturated heterocycles.